The molecule has 0 unspecified atom stereocenters. The van der Waals surface area contributed by atoms with Crippen LogP contribution >= 0.6 is 0 Å². The fraction of sp³-hybridized carbons (Fsp3) is 0.0526. The second-order valence-electron chi connectivity index (χ2n) is 8.87. The Balaban J connectivity index is 1.59. The monoisotopic (exact) mass is 519 g/mol. The molecule has 8 rings (SSSR count). The molecule has 0 fully saturated rings. The Kier molecular flexibility index (Phi) is 2.20. The molecule has 8 aromatic rings. The Hall–Kier alpha value is -4.88. The van der Waals surface area contributed by atoms with E-state index in [4.69, 9.17) is 29.1 Å². The fourth-order valence-corrected chi connectivity index (χ4v) is 5.06. The van der Waals surface area contributed by atoms with E-state index in [1.54, 1.807) is 0 Å². The molecule has 7 aromatic carbocycles. The highest BCUT2D eigenvalue weighted by Crippen LogP contribution is 2.39. The van der Waals surface area contributed by atoms with Gasteiger partial charge >= 0.3 is 0 Å². The van der Waals surface area contributed by atoms with E-state index >= 15 is 0 Å². The third kappa shape index (κ3) is 3.62. The third-order valence-corrected chi connectivity index (χ3v) is 6.72. The van der Waals surface area contributed by atoms with Crippen molar-refractivity contribution in [2.75, 3.05) is 0 Å². The van der Waals surface area contributed by atoms with Crippen LogP contribution in [-0.4, -0.2) is 0 Å². The van der Waals surface area contributed by atoms with Gasteiger partial charge in [0.2, 0.25) is 0 Å². The molecule has 1 heterocycles. The highest BCUT2D eigenvalue weighted by Gasteiger charge is 2.17. The first kappa shape index (κ1) is 9.70. The van der Waals surface area contributed by atoms with Crippen molar-refractivity contribution in [3.8, 4) is 0 Å². The van der Waals surface area contributed by atoms with Gasteiger partial charge in [0, 0.05) is 10.8 Å². The Morgan fingerprint density at radius 1 is 0.487 bits per heavy atom. The largest absolute Gasteiger partial charge is 0.456 e. The molecule has 1 aromatic heterocycles. The summed E-state index contributed by atoms with van der Waals surface area (Å²) >= 11 is 0. The summed E-state index contributed by atoms with van der Waals surface area (Å²) in [7, 11) is 0. The number of rotatable bonds is 4. The topological polar surface area (TPSA) is 13.1 Å². The second-order valence-corrected chi connectivity index (χ2v) is 8.87. The van der Waals surface area contributed by atoms with Crippen LogP contribution in [0, 0.1) is 0 Å². The lowest BCUT2D eigenvalue weighted by Crippen LogP contribution is -1.98. The van der Waals surface area contributed by atoms with Crippen molar-refractivity contribution in [2.24, 2.45) is 0 Å². The SMILES string of the molecule is [2H]c1c([2H])c([2H])c(Cc2c3c([2H])c([2H])c([2H])c([2H])c3c(Cc3c([2H])c([2H])c([2H])c4oc5c([2H])c6c([2H])c([2H])c([2H])c([2H])c6cc5c34)c3c([2H])c([2H])c([2H])c([2H])c23)c([2H])c1[2H]. The van der Waals surface area contributed by atoms with Gasteiger partial charge in [0.15, 0.2) is 0 Å². The van der Waals surface area contributed by atoms with E-state index in [1.807, 2.05) is 0 Å². The summed E-state index contributed by atoms with van der Waals surface area (Å²) in [5.41, 5.74) is -1.43. The zero-order valence-electron chi connectivity index (χ0n) is 40.9. The molecule has 0 aliphatic carbocycles. The zero-order valence-corrected chi connectivity index (χ0v) is 19.9. The van der Waals surface area contributed by atoms with Crippen LogP contribution in [0.2, 0.25) is 0 Å². The maximum atomic E-state index is 9.21. The van der Waals surface area contributed by atoms with E-state index in [0.29, 0.717) is 0 Å². The summed E-state index contributed by atoms with van der Waals surface area (Å²) < 4.78 is 189. The van der Waals surface area contributed by atoms with E-state index < -0.39 is 140 Å². The molecular formula is C38H26O. The normalized spacial score (nSPS) is 19.3. The minimum absolute atomic E-state index is 0.000228. The van der Waals surface area contributed by atoms with E-state index in [1.165, 1.54) is 6.07 Å². The van der Waals surface area contributed by atoms with E-state index in [0.717, 1.165) is 0 Å². The summed E-state index contributed by atoms with van der Waals surface area (Å²) in [6.07, 6.45) is -1.27. The van der Waals surface area contributed by atoms with Crippen molar-refractivity contribution in [1.82, 2.24) is 0 Å². The summed E-state index contributed by atoms with van der Waals surface area (Å²) in [5.74, 6) is 0. The van der Waals surface area contributed by atoms with Crippen LogP contribution in [0.5, 0.6) is 0 Å². The first-order chi connectivity index (χ1) is 28.1. The minimum atomic E-state index is -0.755. The standard InChI is InChI=1S/C38H26O/c1-2-11-25(12-3-1)21-33-29-16-6-8-18-31(29)34(32-19-9-7-17-30(32)33)23-28-15-10-20-36-38(28)35-22-26-13-4-5-14-27(26)24-37(35)39-36/h1-20,22,24H,21,23H2/i1D,2D,3D,4D,5D,6D,7D,8D,9D,10D,11D,12D,13D,14D,15D,16D,17D,18D,19D,20D,24D. The Labute approximate surface area is 256 Å². The predicted octanol–water partition coefficient (Wildman–Crippen LogP) is 10.2. The fourth-order valence-electron chi connectivity index (χ4n) is 5.06. The molecule has 0 saturated carbocycles. The van der Waals surface area contributed by atoms with Crippen LogP contribution in [-0.2, 0) is 12.8 Å². The maximum absolute atomic E-state index is 9.21. The van der Waals surface area contributed by atoms with E-state index in [2.05, 4.69) is 0 Å². The Morgan fingerprint density at radius 3 is 1.77 bits per heavy atom. The molecule has 0 bridgehead atoms. The van der Waals surface area contributed by atoms with Crippen molar-refractivity contribution in [3.63, 3.8) is 0 Å². The van der Waals surface area contributed by atoms with Gasteiger partial charge in [0.1, 0.15) is 11.2 Å². The zero-order chi connectivity index (χ0) is 44.0. The number of benzene rings is 7. The van der Waals surface area contributed by atoms with Crippen molar-refractivity contribution < 1.29 is 33.2 Å². The molecule has 0 atom stereocenters. The van der Waals surface area contributed by atoms with Crippen LogP contribution in [0.15, 0.2) is 137 Å². The molecule has 0 aliphatic heterocycles. The Morgan fingerprint density at radius 2 is 1.08 bits per heavy atom. The molecule has 0 aliphatic rings. The first-order valence-electron chi connectivity index (χ1n) is 22.4. The minimum Gasteiger partial charge on any atom is -0.456 e. The van der Waals surface area contributed by atoms with Gasteiger partial charge < -0.3 is 4.42 Å². The molecule has 0 radical (unpaired) electrons. The molecule has 1 nitrogen and oxygen atoms in total. The molecule has 0 saturated heterocycles. The summed E-state index contributed by atoms with van der Waals surface area (Å²) in [4.78, 5) is 0. The Bertz CT molecular complexity index is 3220. The van der Waals surface area contributed by atoms with Gasteiger partial charge in [-0.15, -0.1) is 0 Å². The summed E-state index contributed by atoms with van der Waals surface area (Å²) in [6.45, 7) is 0. The molecule has 39 heavy (non-hydrogen) atoms. The number of hydrogen-bond acceptors (Lipinski definition) is 1. The highest BCUT2D eigenvalue weighted by atomic mass is 16.3. The van der Waals surface area contributed by atoms with Crippen molar-refractivity contribution >= 4 is 54.3 Å². The lowest BCUT2D eigenvalue weighted by Gasteiger charge is -2.17. The molecule has 184 valence electrons. The van der Waals surface area contributed by atoms with Crippen molar-refractivity contribution in [2.45, 2.75) is 12.8 Å². The van der Waals surface area contributed by atoms with Crippen LogP contribution in [0.4, 0.5) is 0 Å². The van der Waals surface area contributed by atoms with Crippen LogP contribution in [0.1, 0.15) is 51.0 Å². The van der Waals surface area contributed by atoms with Gasteiger partial charge in [-0.1, -0.05) is 115 Å². The lowest BCUT2D eigenvalue weighted by molar-refractivity contribution is 0.669. The van der Waals surface area contributed by atoms with Crippen molar-refractivity contribution in [1.29, 1.82) is 0 Å². The van der Waals surface area contributed by atoms with Gasteiger partial charge in [-0.05, 0) is 85.6 Å². The number of fused-ring (bicyclic) bond motifs is 6. The summed E-state index contributed by atoms with van der Waals surface area (Å²) in [5, 5.41) is -1.58. The van der Waals surface area contributed by atoms with Gasteiger partial charge in [-0.3, -0.25) is 0 Å². The molecular weight excluding hydrogens is 472 g/mol. The first-order valence-corrected chi connectivity index (χ1v) is 11.9. The van der Waals surface area contributed by atoms with Gasteiger partial charge in [-0.2, -0.15) is 0 Å². The number of furan rings is 1. The highest BCUT2D eigenvalue weighted by molar-refractivity contribution is 6.12. The molecule has 0 spiro atoms. The van der Waals surface area contributed by atoms with Crippen LogP contribution < -0.4 is 0 Å². The average Bonchev–Trinajstić information content (AvgIpc) is 3.62. The van der Waals surface area contributed by atoms with Crippen molar-refractivity contribution in [3.05, 3.63) is 155 Å². The third-order valence-electron chi connectivity index (χ3n) is 6.72. The molecule has 1 heteroatoms. The van der Waals surface area contributed by atoms with E-state index in [-0.39, 0.29) is 76.5 Å². The van der Waals surface area contributed by atoms with Gasteiger partial charge in [-0.25, -0.2) is 0 Å². The lowest BCUT2D eigenvalue weighted by atomic mass is 9.86. The average molecular weight is 520 g/mol. The van der Waals surface area contributed by atoms with Crippen LogP contribution in [0.25, 0.3) is 54.3 Å². The quantitative estimate of drug-likeness (QED) is 0.211. The molecule has 0 N–H and O–H groups in total. The predicted molar refractivity (Wildman–Crippen MR) is 165 cm³/mol. The van der Waals surface area contributed by atoms with E-state index in [9.17, 15) is 4.11 Å². The molecule has 0 amide bonds. The van der Waals surface area contributed by atoms with Crippen LogP contribution in [0.3, 0.4) is 0 Å². The van der Waals surface area contributed by atoms with Gasteiger partial charge in [0.25, 0.3) is 0 Å². The second kappa shape index (κ2) is 8.85. The maximum Gasteiger partial charge on any atom is 0.136 e. The van der Waals surface area contributed by atoms with Gasteiger partial charge in [0.05, 0.1) is 28.8 Å². The summed E-state index contributed by atoms with van der Waals surface area (Å²) in [6, 6.07) is -12.4. The number of hydrogen-bond donors (Lipinski definition) is 0. The smallest absolute Gasteiger partial charge is 0.136 e.